The summed E-state index contributed by atoms with van der Waals surface area (Å²) in [6.07, 6.45) is 5.50. The van der Waals surface area contributed by atoms with Crippen molar-refractivity contribution in [3.63, 3.8) is 0 Å². The van der Waals surface area contributed by atoms with E-state index in [1.807, 2.05) is 0 Å². The van der Waals surface area contributed by atoms with Gasteiger partial charge in [0, 0.05) is 18.7 Å². The number of fused-ring (bicyclic) bond motifs is 3. The molecule has 1 aromatic rings. The summed E-state index contributed by atoms with van der Waals surface area (Å²) in [5.41, 5.74) is 0.703. The van der Waals surface area contributed by atoms with E-state index in [4.69, 9.17) is 0 Å². The van der Waals surface area contributed by atoms with Gasteiger partial charge in [0.05, 0.1) is 0 Å². The van der Waals surface area contributed by atoms with Crippen molar-refractivity contribution in [2.45, 2.75) is 18.9 Å². The molecule has 0 saturated carbocycles. The van der Waals surface area contributed by atoms with E-state index in [0.717, 1.165) is 19.6 Å². The van der Waals surface area contributed by atoms with Gasteiger partial charge < -0.3 is 10.2 Å². The van der Waals surface area contributed by atoms with Crippen LogP contribution in [0.15, 0.2) is 30.3 Å². The van der Waals surface area contributed by atoms with Crippen molar-refractivity contribution in [3.8, 4) is 0 Å². The Morgan fingerprint density at radius 2 is 2.15 bits per heavy atom. The van der Waals surface area contributed by atoms with Crippen molar-refractivity contribution >= 4 is 12.0 Å². The summed E-state index contributed by atoms with van der Waals surface area (Å²) in [6.45, 7) is 3.29. The van der Waals surface area contributed by atoms with Gasteiger partial charge in [-0.1, -0.05) is 12.1 Å². The van der Waals surface area contributed by atoms with Gasteiger partial charge in [0.25, 0.3) is 0 Å². The third-order valence-electron chi connectivity index (χ3n) is 4.26. The third-order valence-corrected chi connectivity index (χ3v) is 4.26. The molecule has 1 aromatic carbocycles. The lowest BCUT2D eigenvalue weighted by Crippen LogP contribution is -2.57. The summed E-state index contributed by atoms with van der Waals surface area (Å²) < 4.78 is 13.0. The minimum Gasteiger partial charge on any atom is -0.348 e. The fourth-order valence-electron chi connectivity index (χ4n) is 3.14. The third kappa shape index (κ3) is 3.07. The van der Waals surface area contributed by atoms with E-state index in [0.29, 0.717) is 11.5 Å². The van der Waals surface area contributed by atoms with Gasteiger partial charge in [-0.15, -0.1) is 0 Å². The first-order valence-corrected chi connectivity index (χ1v) is 7.17. The van der Waals surface area contributed by atoms with Crippen molar-refractivity contribution in [2.75, 3.05) is 19.6 Å². The average molecular weight is 274 g/mol. The second-order valence-corrected chi connectivity index (χ2v) is 5.64. The number of carbonyl (C=O) groups excluding carboxylic acids is 1. The minimum absolute atomic E-state index is 0.0898. The Morgan fingerprint density at radius 1 is 1.35 bits per heavy atom. The monoisotopic (exact) mass is 274 g/mol. The van der Waals surface area contributed by atoms with Crippen molar-refractivity contribution < 1.29 is 9.18 Å². The van der Waals surface area contributed by atoms with Crippen LogP contribution >= 0.6 is 0 Å². The van der Waals surface area contributed by atoms with E-state index in [2.05, 4.69) is 10.2 Å². The molecule has 0 aromatic heterocycles. The van der Waals surface area contributed by atoms with Crippen LogP contribution in [-0.4, -0.2) is 36.5 Å². The molecule has 2 bridgehead atoms. The average Bonchev–Trinajstić information content (AvgIpc) is 2.46. The number of carbonyl (C=O) groups is 1. The van der Waals surface area contributed by atoms with E-state index >= 15 is 0 Å². The molecule has 1 amide bonds. The topological polar surface area (TPSA) is 32.3 Å². The van der Waals surface area contributed by atoms with Crippen LogP contribution in [0, 0.1) is 11.7 Å². The summed E-state index contributed by atoms with van der Waals surface area (Å²) in [4.78, 5) is 14.3. The molecule has 0 aliphatic carbocycles. The lowest BCUT2D eigenvalue weighted by molar-refractivity contribution is -0.118. The van der Waals surface area contributed by atoms with Crippen molar-refractivity contribution in [1.82, 2.24) is 10.2 Å². The highest BCUT2D eigenvalue weighted by Gasteiger charge is 2.34. The van der Waals surface area contributed by atoms with Gasteiger partial charge in [-0.25, -0.2) is 4.39 Å². The molecule has 3 nitrogen and oxygen atoms in total. The molecular weight excluding hydrogens is 255 g/mol. The molecule has 4 heteroatoms. The van der Waals surface area contributed by atoms with Gasteiger partial charge in [0.2, 0.25) is 5.91 Å². The number of halogens is 1. The zero-order valence-electron chi connectivity index (χ0n) is 11.4. The number of hydrogen-bond donors (Lipinski definition) is 1. The maximum atomic E-state index is 13.0. The summed E-state index contributed by atoms with van der Waals surface area (Å²) in [6, 6.07) is 6.49. The Balaban J connectivity index is 1.57. The van der Waals surface area contributed by atoms with Crippen molar-refractivity contribution in [1.29, 1.82) is 0 Å². The Morgan fingerprint density at radius 3 is 2.80 bits per heavy atom. The molecule has 3 aliphatic rings. The van der Waals surface area contributed by atoms with Gasteiger partial charge in [-0.05, 0) is 55.6 Å². The standard InChI is InChI=1S/C16H19FN2O/c17-14-3-1-2-12(10-14)4-5-16(20)18-15-11-19-8-6-13(15)7-9-19/h1-5,10,13,15H,6-9,11H2,(H,18,20)/t15-/m0/s1. The predicted molar refractivity (Wildman–Crippen MR) is 76.5 cm³/mol. The molecule has 1 N–H and O–H groups in total. The van der Waals surface area contributed by atoms with Crippen molar-refractivity contribution in [2.24, 2.45) is 5.92 Å². The van der Waals surface area contributed by atoms with Crippen LogP contribution in [0.5, 0.6) is 0 Å². The first-order valence-electron chi connectivity index (χ1n) is 7.17. The molecule has 0 spiro atoms. The molecule has 4 rings (SSSR count). The van der Waals surface area contributed by atoms with E-state index in [1.165, 1.54) is 31.1 Å². The lowest BCUT2D eigenvalue weighted by Gasteiger charge is -2.44. The number of nitrogens with one attached hydrogen (secondary N) is 1. The molecular formula is C16H19FN2O. The van der Waals surface area contributed by atoms with Crippen LogP contribution in [0.4, 0.5) is 4.39 Å². The zero-order chi connectivity index (χ0) is 13.9. The Labute approximate surface area is 118 Å². The number of hydrogen-bond acceptors (Lipinski definition) is 2. The first kappa shape index (κ1) is 13.3. The minimum atomic E-state index is -0.287. The molecule has 20 heavy (non-hydrogen) atoms. The Kier molecular flexibility index (Phi) is 3.83. The quantitative estimate of drug-likeness (QED) is 0.856. The molecule has 106 valence electrons. The number of amides is 1. The number of nitrogens with zero attached hydrogens (tertiary/aromatic N) is 1. The SMILES string of the molecule is O=C(C=Cc1cccc(F)c1)N[C@H]1CN2CCC1CC2. The number of rotatable bonds is 3. The maximum absolute atomic E-state index is 13.0. The zero-order valence-corrected chi connectivity index (χ0v) is 11.4. The van der Waals surface area contributed by atoms with Crippen LogP contribution in [0.3, 0.4) is 0 Å². The molecule has 3 saturated heterocycles. The number of benzene rings is 1. The van der Waals surface area contributed by atoms with E-state index in [9.17, 15) is 9.18 Å². The van der Waals surface area contributed by atoms with E-state index in [1.54, 1.807) is 18.2 Å². The van der Waals surface area contributed by atoms with Gasteiger partial charge in [-0.3, -0.25) is 4.79 Å². The lowest BCUT2D eigenvalue weighted by atomic mass is 9.84. The van der Waals surface area contributed by atoms with Gasteiger partial charge in [-0.2, -0.15) is 0 Å². The van der Waals surface area contributed by atoms with Crippen LogP contribution in [-0.2, 0) is 4.79 Å². The second-order valence-electron chi connectivity index (χ2n) is 5.64. The maximum Gasteiger partial charge on any atom is 0.244 e. The van der Waals surface area contributed by atoms with Gasteiger partial charge in [0.1, 0.15) is 5.82 Å². The van der Waals surface area contributed by atoms with Crippen molar-refractivity contribution in [3.05, 3.63) is 41.7 Å². The predicted octanol–water partition coefficient (Wildman–Crippen LogP) is 2.05. The largest absolute Gasteiger partial charge is 0.348 e. The van der Waals surface area contributed by atoms with E-state index < -0.39 is 0 Å². The van der Waals surface area contributed by atoms with Crippen LogP contribution in [0.2, 0.25) is 0 Å². The molecule has 3 heterocycles. The fraction of sp³-hybridized carbons (Fsp3) is 0.438. The molecule has 0 radical (unpaired) electrons. The Hall–Kier alpha value is -1.68. The first-order chi connectivity index (χ1) is 9.70. The Bertz CT molecular complexity index is 521. The smallest absolute Gasteiger partial charge is 0.244 e. The second kappa shape index (κ2) is 5.75. The van der Waals surface area contributed by atoms with Crippen LogP contribution < -0.4 is 5.32 Å². The van der Waals surface area contributed by atoms with Gasteiger partial charge in [0.15, 0.2) is 0 Å². The highest BCUT2D eigenvalue weighted by Crippen LogP contribution is 2.27. The highest BCUT2D eigenvalue weighted by molar-refractivity contribution is 5.91. The summed E-state index contributed by atoms with van der Waals surface area (Å²) in [5.74, 6) is 0.240. The summed E-state index contributed by atoms with van der Waals surface area (Å²) in [5, 5.41) is 3.07. The summed E-state index contributed by atoms with van der Waals surface area (Å²) in [7, 11) is 0. The number of piperidine rings is 3. The van der Waals surface area contributed by atoms with E-state index in [-0.39, 0.29) is 17.8 Å². The normalized spacial score (nSPS) is 28.8. The molecule has 3 fully saturated rings. The van der Waals surface area contributed by atoms with Crippen LogP contribution in [0.1, 0.15) is 18.4 Å². The molecule has 0 unspecified atom stereocenters. The van der Waals surface area contributed by atoms with Gasteiger partial charge >= 0.3 is 0 Å². The fourth-order valence-corrected chi connectivity index (χ4v) is 3.14. The van der Waals surface area contributed by atoms with Crippen LogP contribution in [0.25, 0.3) is 6.08 Å². The summed E-state index contributed by atoms with van der Waals surface area (Å²) >= 11 is 0. The molecule has 3 aliphatic heterocycles. The molecule has 1 atom stereocenters. The highest BCUT2D eigenvalue weighted by atomic mass is 19.1.